The van der Waals surface area contributed by atoms with E-state index in [1.165, 1.54) is 18.3 Å². The smallest absolute Gasteiger partial charge is 0.250 e. The maximum atomic E-state index is 12.2. The normalized spacial score (nSPS) is 16.8. The van der Waals surface area contributed by atoms with Crippen molar-refractivity contribution in [2.75, 3.05) is 32.1 Å². The molecule has 2 atom stereocenters. The van der Waals surface area contributed by atoms with Crippen LogP contribution in [-0.2, 0) is 22.3 Å². The first-order valence-corrected chi connectivity index (χ1v) is 12.1. The van der Waals surface area contributed by atoms with Crippen molar-refractivity contribution in [2.45, 2.75) is 19.8 Å². The maximum Gasteiger partial charge on any atom is 0.250 e. The van der Waals surface area contributed by atoms with Crippen LogP contribution in [-0.4, -0.2) is 61.8 Å². The summed E-state index contributed by atoms with van der Waals surface area (Å²) in [6, 6.07) is 5.64. The Hall–Kier alpha value is -2.34. The third-order valence-corrected chi connectivity index (χ3v) is 7.26. The molecule has 1 aromatic heterocycles. The number of hydroxylamine groups is 1. The number of hydrogen-bond acceptors (Lipinski definition) is 7. The largest absolute Gasteiger partial charge is 0.772 e. The molecule has 2 aromatic rings. The van der Waals surface area contributed by atoms with E-state index in [0.29, 0.717) is 13.0 Å². The van der Waals surface area contributed by atoms with Crippen LogP contribution in [0.3, 0.4) is 0 Å². The predicted octanol–water partition coefficient (Wildman–Crippen LogP) is 1.88. The third-order valence-electron chi connectivity index (χ3n) is 5.31. The Kier molecular flexibility index (Phi) is 8.35. The Morgan fingerprint density at radius 3 is 2.94 bits per heavy atom. The summed E-state index contributed by atoms with van der Waals surface area (Å²) in [5, 5.41) is 9.71. The second-order valence-electron chi connectivity index (χ2n) is 7.90. The van der Waals surface area contributed by atoms with Crippen LogP contribution in [0.1, 0.15) is 23.9 Å². The number of hydrogen-bond donors (Lipinski definition) is 2. The topological polar surface area (TPSA) is 106 Å². The molecule has 32 heavy (non-hydrogen) atoms. The van der Waals surface area contributed by atoms with E-state index in [2.05, 4.69) is 28.7 Å². The highest BCUT2D eigenvalue weighted by molar-refractivity contribution is 7.79. The summed E-state index contributed by atoms with van der Waals surface area (Å²) < 4.78 is 35.4. The maximum absolute atomic E-state index is 12.2. The van der Waals surface area contributed by atoms with Crippen LogP contribution in [0.4, 0.5) is 4.39 Å². The number of aryl methyl sites for hydroxylation is 1. The molecular formula is C22H23FN3O4S2-. The molecule has 1 unspecified atom stereocenters. The first kappa shape index (κ1) is 24.3. The van der Waals surface area contributed by atoms with Crippen LogP contribution in [0.15, 0.2) is 18.2 Å². The van der Waals surface area contributed by atoms with Crippen LogP contribution >= 0.6 is 11.3 Å². The van der Waals surface area contributed by atoms with Gasteiger partial charge in [0.05, 0.1) is 20.6 Å². The summed E-state index contributed by atoms with van der Waals surface area (Å²) in [5.74, 6) is 11.0. The van der Waals surface area contributed by atoms with Crippen molar-refractivity contribution >= 4 is 38.5 Å². The Labute approximate surface area is 192 Å². The van der Waals surface area contributed by atoms with Crippen molar-refractivity contribution < 1.29 is 23.2 Å². The van der Waals surface area contributed by atoms with Gasteiger partial charge in [-0.15, -0.1) is 11.3 Å². The molecule has 170 valence electrons. The molecule has 0 saturated carbocycles. The molecule has 7 nitrogen and oxygen atoms in total. The van der Waals surface area contributed by atoms with Gasteiger partial charge in [-0.05, 0) is 43.4 Å². The van der Waals surface area contributed by atoms with Crippen LogP contribution in [0.2, 0.25) is 0 Å². The lowest BCUT2D eigenvalue weighted by molar-refractivity contribution is -0.138. The van der Waals surface area contributed by atoms with Gasteiger partial charge in [0.15, 0.2) is 0 Å². The third kappa shape index (κ3) is 6.35. The summed E-state index contributed by atoms with van der Waals surface area (Å²) in [5.41, 5.74) is 1.91. The Balaban J connectivity index is 1.63. The molecule has 2 N–H and O–H groups in total. The molecule has 0 aliphatic carbocycles. The molecule has 1 aliphatic rings. The number of aromatic nitrogens is 1. The van der Waals surface area contributed by atoms with Crippen LogP contribution in [0.5, 0.6) is 0 Å². The number of thiazole rings is 1. The van der Waals surface area contributed by atoms with E-state index >= 15 is 0 Å². The Bertz CT molecular complexity index is 1120. The molecule has 1 aliphatic heterocycles. The van der Waals surface area contributed by atoms with Crippen molar-refractivity contribution in [3.8, 4) is 23.7 Å². The molecule has 1 aromatic carbocycles. The summed E-state index contributed by atoms with van der Waals surface area (Å²) in [7, 11) is 0. The van der Waals surface area contributed by atoms with Gasteiger partial charge in [0.2, 0.25) is 5.91 Å². The minimum absolute atomic E-state index is 0.222. The number of benzene rings is 1. The molecule has 1 saturated heterocycles. The number of carbonyl (C=O) groups is 1. The number of fused-ring (bicyclic) bond motifs is 1. The van der Waals surface area contributed by atoms with Gasteiger partial charge < -0.3 is 4.55 Å². The van der Waals surface area contributed by atoms with Crippen molar-refractivity contribution in [3.05, 3.63) is 28.8 Å². The molecular weight excluding hydrogens is 453 g/mol. The predicted molar refractivity (Wildman–Crippen MR) is 120 cm³/mol. The van der Waals surface area contributed by atoms with Crippen LogP contribution in [0.25, 0.3) is 10.2 Å². The number of nitrogens with one attached hydrogen (secondary N) is 1. The van der Waals surface area contributed by atoms with Gasteiger partial charge in [0.25, 0.3) is 0 Å². The summed E-state index contributed by atoms with van der Waals surface area (Å²) in [6.45, 7) is 3.21. The highest BCUT2D eigenvalue weighted by Crippen LogP contribution is 2.29. The van der Waals surface area contributed by atoms with Crippen LogP contribution in [0, 0.1) is 35.0 Å². The lowest BCUT2D eigenvalue weighted by Gasteiger charge is -2.35. The zero-order valence-electron chi connectivity index (χ0n) is 17.5. The molecule has 0 radical (unpaired) electrons. The van der Waals surface area contributed by atoms with E-state index < -0.39 is 22.4 Å². The molecule has 3 rings (SSSR count). The SMILES string of the molecule is C[C@](CCc1nc2ccc(C#CC#CC3CN(CCF)C3)cc2s1)(CS(=O)[O-])C(=O)NO. The standard InChI is InChI=1S/C22H24FN3O4S2/c1-22(15-32(29)30,21(27)25-28)9-8-20-24-18-7-6-16(12-19(18)31-20)4-2-3-5-17-13-26(14-17)11-10-23/h6-7,12,17,28H,8-11,13-15H2,1H3,(H,25,27)(H,29,30)/p-1/t22-/m0/s1. The van der Waals surface area contributed by atoms with E-state index in [4.69, 9.17) is 5.21 Å². The van der Waals surface area contributed by atoms with E-state index in [-0.39, 0.29) is 24.8 Å². The van der Waals surface area contributed by atoms with Crippen molar-refractivity contribution in [1.29, 1.82) is 0 Å². The second kappa shape index (κ2) is 11.0. The molecule has 0 spiro atoms. The molecule has 1 fully saturated rings. The van der Waals surface area contributed by atoms with E-state index in [9.17, 15) is 17.9 Å². The van der Waals surface area contributed by atoms with Gasteiger partial charge in [-0.2, -0.15) is 0 Å². The minimum atomic E-state index is -2.42. The fraction of sp³-hybridized carbons (Fsp3) is 0.455. The lowest BCUT2D eigenvalue weighted by Crippen LogP contribution is -2.46. The first-order valence-electron chi connectivity index (χ1n) is 10.0. The highest BCUT2D eigenvalue weighted by atomic mass is 32.2. The van der Waals surface area contributed by atoms with Gasteiger partial charge in [-0.1, -0.05) is 22.9 Å². The average molecular weight is 477 g/mol. The zero-order valence-corrected chi connectivity index (χ0v) is 19.2. The molecule has 0 bridgehead atoms. The first-order chi connectivity index (χ1) is 15.3. The molecule has 10 heteroatoms. The number of nitrogens with zero attached hydrogens (tertiary/aromatic N) is 2. The van der Waals surface area contributed by atoms with Gasteiger partial charge in [0.1, 0.15) is 6.67 Å². The molecule has 2 heterocycles. The van der Waals surface area contributed by atoms with Gasteiger partial charge in [-0.25, -0.2) is 14.9 Å². The fourth-order valence-electron chi connectivity index (χ4n) is 3.39. The second-order valence-corrected chi connectivity index (χ2v) is 9.92. The Morgan fingerprint density at radius 1 is 1.47 bits per heavy atom. The van der Waals surface area contributed by atoms with Gasteiger partial charge in [-0.3, -0.25) is 19.1 Å². The lowest BCUT2D eigenvalue weighted by atomic mass is 9.87. The number of carbonyl (C=O) groups excluding carboxylic acids is 1. The summed E-state index contributed by atoms with van der Waals surface area (Å²) >= 11 is -0.970. The number of alkyl halides is 1. The van der Waals surface area contributed by atoms with Crippen molar-refractivity contribution in [1.82, 2.24) is 15.4 Å². The van der Waals surface area contributed by atoms with Gasteiger partial charge >= 0.3 is 0 Å². The number of halogens is 1. The van der Waals surface area contributed by atoms with Gasteiger partial charge in [0, 0.05) is 43.3 Å². The Morgan fingerprint density at radius 2 is 2.25 bits per heavy atom. The number of likely N-dealkylation sites (tertiary alicyclic amines) is 1. The molecule has 1 amide bonds. The minimum Gasteiger partial charge on any atom is -0.772 e. The quantitative estimate of drug-likeness (QED) is 0.261. The van der Waals surface area contributed by atoms with Crippen molar-refractivity contribution in [2.24, 2.45) is 11.3 Å². The van der Waals surface area contributed by atoms with E-state index in [1.807, 2.05) is 23.1 Å². The van der Waals surface area contributed by atoms with E-state index in [1.54, 1.807) is 5.48 Å². The average Bonchev–Trinajstić information content (AvgIpc) is 3.14. The summed E-state index contributed by atoms with van der Waals surface area (Å²) in [6.07, 6.45) is 0.618. The number of amides is 1. The fourth-order valence-corrected chi connectivity index (χ4v) is 5.19. The van der Waals surface area contributed by atoms with E-state index in [0.717, 1.165) is 33.9 Å². The zero-order chi connectivity index (χ0) is 23.1. The van der Waals surface area contributed by atoms with Crippen LogP contribution < -0.4 is 5.48 Å². The highest BCUT2D eigenvalue weighted by Gasteiger charge is 2.33. The monoisotopic (exact) mass is 476 g/mol. The summed E-state index contributed by atoms with van der Waals surface area (Å²) in [4.78, 5) is 18.5. The number of rotatable bonds is 8. The van der Waals surface area contributed by atoms with Crippen molar-refractivity contribution in [3.63, 3.8) is 0 Å².